The van der Waals surface area contributed by atoms with Crippen molar-refractivity contribution in [3.63, 3.8) is 0 Å². The van der Waals surface area contributed by atoms with Gasteiger partial charge in [0.15, 0.2) is 0 Å². The quantitative estimate of drug-likeness (QED) is 0.756. The Balaban J connectivity index is 3.99. The van der Waals surface area contributed by atoms with Crippen molar-refractivity contribution >= 4 is 6.09 Å². The summed E-state index contributed by atoms with van der Waals surface area (Å²) < 4.78 is 5.02. The van der Waals surface area contributed by atoms with Gasteiger partial charge in [0.05, 0.1) is 6.07 Å². The average Bonchev–Trinajstić information content (AvgIpc) is 2.00. The van der Waals surface area contributed by atoms with E-state index in [0.29, 0.717) is 6.42 Å². The fraction of sp³-hybridized carbons (Fsp3) is 0.800. The number of ether oxygens (including phenoxy) is 1. The molecule has 0 rings (SSSR count). The minimum Gasteiger partial charge on any atom is -0.444 e. The molecule has 1 N–H and O–H groups in total. The molecule has 0 aliphatic carbocycles. The first-order valence-electron chi connectivity index (χ1n) is 4.78. The minimum absolute atomic E-state index is 0.449. The van der Waals surface area contributed by atoms with Crippen molar-refractivity contribution in [2.24, 2.45) is 0 Å². The van der Waals surface area contributed by atoms with Crippen LogP contribution in [0, 0.1) is 11.3 Å². The third kappa shape index (κ3) is 6.30. The second-order valence-electron chi connectivity index (χ2n) is 4.12. The van der Waals surface area contributed by atoms with Gasteiger partial charge in [0.25, 0.3) is 0 Å². The van der Waals surface area contributed by atoms with E-state index in [4.69, 9.17) is 10.00 Å². The normalized spacial score (nSPS) is 12.8. The van der Waals surface area contributed by atoms with Crippen LogP contribution in [0.3, 0.4) is 0 Å². The number of carbonyl (C=O) groups excluding carboxylic acids is 1. The summed E-state index contributed by atoms with van der Waals surface area (Å²) in [5.74, 6) is 0. The summed E-state index contributed by atoms with van der Waals surface area (Å²) in [6, 6.07) is 1.56. The minimum atomic E-state index is -0.530. The molecule has 0 saturated carbocycles. The maximum absolute atomic E-state index is 11.2. The van der Waals surface area contributed by atoms with Crippen LogP contribution in [0.25, 0.3) is 0 Å². The molecule has 0 heterocycles. The van der Waals surface area contributed by atoms with Crippen LogP contribution in [0.4, 0.5) is 4.79 Å². The van der Waals surface area contributed by atoms with Gasteiger partial charge in [-0.1, -0.05) is 13.3 Å². The number of rotatable bonds is 3. The molecule has 0 aromatic rings. The Morgan fingerprint density at radius 1 is 1.57 bits per heavy atom. The van der Waals surface area contributed by atoms with Crippen molar-refractivity contribution in [2.45, 2.75) is 52.2 Å². The average molecular weight is 198 g/mol. The highest BCUT2D eigenvalue weighted by molar-refractivity contribution is 5.68. The van der Waals surface area contributed by atoms with Gasteiger partial charge in [0.1, 0.15) is 11.6 Å². The molecule has 0 aliphatic heterocycles. The second kappa shape index (κ2) is 5.48. The molecule has 14 heavy (non-hydrogen) atoms. The van der Waals surface area contributed by atoms with E-state index >= 15 is 0 Å². The van der Waals surface area contributed by atoms with Gasteiger partial charge in [-0.15, -0.1) is 0 Å². The molecule has 0 saturated heterocycles. The molecule has 4 nitrogen and oxygen atoms in total. The van der Waals surface area contributed by atoms with E-state index in [9.17, 15) is 4.79 Å². The lowest BCUT2D eigenvalue weighted by atomic mass is 10.2. The van der Waals surface area contributed by atoms with Crippen molar-refractivity contribution in [1.82, 2.24) is 5.32 Å². The number of carbonyl (C=O) groups is 1. The van der Waals surface area contributed by atoms with Gasteiger partial charge in [-0.3, -0.25) is 0 Å². The Labute approximate surface area is 85.2 Å². The molecule has 0 radical (unpaired) electrons. The van der Waals surface area contributed by atoms with Crippen molar-refractivity contribution in [2.75, 3.05) is 0 Å². The first-order valence-corrected chi connectivity index (χ1v) is 4.78. The van der Waals surface area contributed by atoms with Gasteiger partial charge in [-0.05, 0) is 27.2 Å². The number of nitrogens with zero attached hydrogens (tertiary/aromatic N) is 1. The molecule has 0 aromatic carbocycles. The van der Waals surface area contributed by atoms with Gasteiger partial charge in [-0.25, -0.2) is 4.79 Å². The number of nitriles is 1. The van der Waals surface area contributed by atoms with Gasteiger partial charge >= 0.3 is 6.09 Å². The predicted molar refractivity (Wildman–Crippen MR) is 53.7 cm³/mol. The molecule has 1 amide bonds. The molecule has 0 aliphatic rings. The summed E-state index contributed by atoms with van der Waals surface area (Å²) in [5.41, 5.74) is -0.518. The van der Waals surface area contributed by atoms with Crippen LogP contribution in [0.2, 0.25) is 0 Å². The second-order valence-corrected chi connectivity index (χ2v) is 4.12. The molecule has 0 spiro atoms. The lowest BCUT2D eigenvalue weighted by Crippen LogP contribution is -2.38. The largest absolute Gasteiger partial charge is 0.444 e. The number of alkyl carbamates (subject to hydrolysis) is 1. The maximum atomic E-state index is 11.2. The Bertz CT molecular complexity index is 225. The highest BCUT2D eigenvalue weighted by atomic mass is 16.6. The topological polar surface area (TPSA) is 62.1 Å². The van der Waals surface area contributed by atoms with Gasteiger partial charge < -0.3 is 10.1 Å². The van der Waals surface area contributed by atoms with Crippen LogP contribution in [-0.4, -0.2) is 17.7 Å². The lowest BCUT2D eigenvalue weighted by molar-refractivity contribution is 0.0514. The van der Waals surface area contributed by atoms with Crippen molar-refractivity contribution < 1.29 is 9.53 Å². The smallest absolute Gasteiger partial charge is 0.408 e. The molecule has 0 bridgehead atoms. The number of nitrogens with one attached hydrogen (secondary N) is 1. The van der Waals surface area contributed by atoms with Crippen LogP contribution in [0.5, 0.6) is 0 Å². The summed E-state index contributed by atoms with van der Waals surface area (Å²) in [6.45, 7) is 7.32. The van der Waals surface area contributed by atoms with Crippen molar-refractivity contribution in [1.29, 1.82) is 5.26 Å². The fourth-order valence-electron chi connectivity index (χ4n) is 0.907. The van der Waals surface area contributed by atoms with Crippen molar-refractivity contribution in [3.05, 3.63) is 0 Å². The first kappa shape index (κ1) is 12.8. The van der Waals surface area contributed by atoms with E-state index in [1.807, 2.05) is 13.0 Å². The van der Waals surface area contributed by atoms with E-state index < -0.39 is 17.7 Å². The molecule has 0 aromatic heterocycles. The van der Waals surface area contributed by atoms with Gasteiger partial charge in [0.2, 0.25) is 0 Å². The van der Waals surface area contributed by atoms with Crippen LogP contribution >= 0.6 is 0 Å². The summed E-state index contributed by atoms with van der Waals surface area (Å²) in [4.78, 5) is 11.2. The van der Waals surface area contributed by atoms with Gasteiger partial charge in [-0.2, -0.15) is 5.26 Å². The third-order valence-electron chi connectivity index (χ3n) is 1.42. The summed E-state index contributed by atoms with van der Waals surface area (Å²) in [6.07, 6.45) is 0.974. The molecule has 1 atom stereocenters. The number of amides is 1. The predicted octanol–water partition coefficient (Wildman–Crippen LogP) is 2.20. The summed E-state index contributed by atoms with van der Waals surface area (Å²) in [7, 11) is 0. The standard InChI is InChI=1S/C10H18N2O2/c1-5-6-8(7-11)12-9(13)14-10(2,3)4/h8H,5-6H2,1-4H3,(H,12,13)/t8-/m0/s1. The zero-order valence-electron chi connectivity index (χ0n) is 9.26. The lowest BCUT2D eigenvalue weighted by Gasteiger charge is -2.20. The van der Waals surface area contributed by atoms with Crippen LogP contribution in [0.15, 0.2) is 0 Å². The Kier molecular flexibility index (Phi) is 5.00. The number of hydrogen-bond acceptors (Lipinski definition) is 3. The highest BCUT2D eigenvalue weighted by Gasteiger charge is 2.18. The zero-order chi connectivity index (χ0) is 11.2. The molecule has 80 valence electrons. The van der Waals surface area contributed by atoms with Gasteiger partial charge in [0, 0.05) is 0 Å². The van der Waals surface area contributed by atoms with Crippen molar-refractivity contribution in [3.8, 4) is 6.07 Å². The first-order chi connectivity index (χ1) is 6.39. The van der Waals surface area contributed by atoms with E-state index in [1.165, 1.54) is 0 Å². The Morgan fingerprint density at radius 2 is 2.14 bits per heavy atom. The fourth-order valence-corrected chi connectivity index (χ4v) is 0.907. The molecular formula is C10H18N2O2. The highest BCUT2D eigenvalue weighted by Crippen LogP contribution is 2.07. The maximum Gasteiger partial charge on any atom is 0.408 e. The Hall–Kier alpha value is -1.24. The SMILES string of the molecule is CCC[C@@H](C#N)NC(=O)OC(C)(C)C. The van der Waals surface area contributed by atoms with Crippen LogP contribution in [-0.2, 0) is 4.74 Å². The molecular weight excluding hydrogens is 180 g/mol. The monoisotopic (exact) mass is 198 g/mol. The van der Waals surface area contributed by atoms with E-state index in [2.05, 4.69) is 5.32 Å². The summed E-state index contributed by atoms with van der Waals surface area (Å²) >= 11 is 0. The van der Waals surface area contributed by atoms with Crippen LogP contribution in [0.1, 0.15) is 40.5 Å². The van der Waals surface area contributed by atoms with Crippen LogP contribution < -0.4 is 5.32 Å². The summed E-state index contributed by atoms with van der Waals surface area (Å²) in [5, 5.41) is 11.2. The molecule has 4 heteroatoms. The number of hydrogen-bond donors (Lipinski definition) is 1. The zero-order valence-corrected chi connectivity index (χ0v) is 9.26. The molecule has 0 fully saturated rings. The van der Waals surface area contributed by atoms with E-state index in [0.717, 1.165) is 6.42 Å². The van der Waals surface area contributed by atoms with E-state index in [-0.39, 0.29) is 0 Å². The third-order valence-corrected chi connectivity index (χ3v) is 1.42. The Morgan fingerprint density at radius 3 is 2.50 bits per heavy atom. The molecule has 0 unspecified atom stereocenters. The van der Waals surface area contributed by atoms with E-state index in [1.54, 1.807) is 20.8 Å².